The molecular formula is C18H27NO. The summed E-state index contributed by atoms with van der Waals surface area (Å²) in [5, 5.41) is 3.60. The summed E-state index contributed by atoms with van der Waals surface area (Å²) in [5.41, 5.74) is 4.09. The monoisotopic (exact) mass is 273 g/mol. The highest BCUT2D eigenvalue weighted by atomic mass is 16.5. The smallest absolute Gasteiger partial charge is 0.126 e. The summed E-state index contributed by atoms with van der Waals surface area (Å²) >= 11 is 0. The van der Waals surface area contributed by atoms with Gasteiger partial charge >= 0.3 is 0 Å². The normalized spacial score (nSPS) is 23.4. The number of nitrogens with one attached hydrogen (secondary N) is 1. The van der Waals surface area contributed by atoms with E-state index < -0.39 is 0 Å². The first-order valence-electron chi connectivity index (χ1n) is 8.23. The molecule has 1 N–H and O–H groups in total. The van der Waals surface area contributed by atoms with E-state index >= 15 is 0 Å². The number of hydrogen-bond acceptors (Lipinski definition) is 2. The van der Waals surface area contributed by atoms with Crippen molar-refractivity contribution >= 4 is 0 Å². The van der Waals surface area contributed by atoms with E-state index in [1.54, 1.807) is 0 Å². The minimum Gasteiger partial charge on any atom is -0.490 e. The van der Waals surface area contributed by atoms with Crippen molar-refractivity contribution in [3.05, 3.63) is 28.8 Å². The first-order chi connectivity index (χ1) is 9.74. The predicted octanol–water partition coefficient (Wildman–Crippen LogP) is 3.92. The second kappa shape index (κ2) is 6.17. The molecule has 0 radical (unpaired) electrons. The van der Waals surface area contributed by atoms with Crippen molar-refractivity contribution in [2.45, 2.75) is 70.9 Å². The van der Waals surface area contributed by atoms with E-state index in [9.17, 15) is 0 Å². The summed E-state index contributed by atoms with van der Waals surface area (Å²) in [6.45, 7) is 5.58. The molecule has 0 aromatic heterocycles. The molecule has 2 aliphatic rings. The SMILES string of the molecule is Cc1ccc(CC2CCCN2)c(OC2CCCC2)c1C. The third kappa shape index (κ3) is 3.01. The highest BCUT2D eigenvalue weighted by molar-refractivity contribution is 5.46. The first kappa shape index (κ1) is 13.9. The van der Waals surface area contributed by atoms with Crippen molar-refractivity contribution in [2.75, 3.05) is 6.54 Å². The van der Waals surface area contributed by atoms with Crippen LogP contribution in [-0.2, 0) is 6.42 Å². The number of rotatable bonds is 4. The fourth-order valence-electron chi connectivity index (χ4n) is 3.54. The molecule has 2 nitrogen and oxygen atoms in total. The largest absolute Gasteiger partial charge is 0.490 e. The van der Waals surface area contributed by atoms with Gasteiger partial charge < -0.3 is 10.1 Å². The molecule has 1 aliphatic heterocycles. The molecule has 1 heterocycles. The summed E-state index contributed by atoms with van der Waals surface area (Å²) in [4.78, 5) is 0. The quantitative estimate of drug-likeness (QED) is 0.897. The van der Waals surface area contributed by atoms with Gasteiger partial charge in [0.1, 0.15) is 5.75 Å². The minimum atomic E-state index is 0.450. The van der Waals surface area contributed by atoms with Crippen LogP contribution in [-0.4, -0.2) is 18.7 Å². The van der Waals surface area contributed by atoms with Crippen molar-refractivity contribution in [3.63, 3.8) is 0 Å². The van der Waals surface area contributed by atoms with Crippen molar-refractivity contribution in [1.82, 2.24) is 5.32 Å². The van der Waals surface area contributed by atoms with Gasteiger partial charge in [0.2, 0.25) is 0 Å². The molecule has 0 spiro atoms. The van der Waals surface area contributed by atoms with E-state index in [1.807, 2.05) is 0 Å². The molecule has 1 saturated heterocycles. The molecule has 0 amide bonds. The Morgan fingerprint density at radius 2 is 1.90 bits per heavy atom. The van der Waals surface area contributed by atoms with Crippen LogP contribution in [0.4, 0.5) is 0 Å². The summed E-state index contributed by atoms with van der Waals surface area (Å²) in [6.07, 6.45) is 9.30. The fraction of sp³-hybridized carbons (Fsp3) is 0.667. The van der Waals surface area contributed by atoms with Crippen molar-refractivity contribution in [1.29, 1.82) is 0 Å². The molecule has 2 heteroatoms. The van der Waals surface area contributed by atoms with Gasteiger partial charge in [0.05, 0.1) is 6.10 Å². The molecule has 3 rings (SSSR count). The maximum atomic E-state index is 6.40. The zero-order valence-electron chi connectivity index (χ0n) is 12.9. The molecular weight excluding hydrogens is 246 g/mol. The number of benzene rings is 1. The van der Waals surface area contributed by atoms with Gasteiger partial charge in [-0.05, 0) is 82.0 Å². The molecule has 1 saturated carbocycles. The molecule has 1 aliphatic carbocycles. The van der Waals surface area contributed by atoms with Crippen LogP contribution in [0.15, 0.2) is 12.1 Å². The van der Waals surface area contributed by atoms with Crippen molar-refractivity contribution < 1.29 is 4.74 Å². The van der Waals surface area contributed by atoms with Crippen molar-refractivity contribution in [3.8, 4) is 5.75 Å². The number of aryl methyl sites for hydroxylation is 1. The minimum absolute atomic E-state index is 0.450. The molecule has 20 heavy (non-hydrogen) atoms. The Balaban J connectivity index is 1.81. The van der Waals surface area contributed by atoms with E-state index in [-0.39, 0.29) is 0 Å². The van der Waals surface area contributed by atoms with Gasteiger partial charge in [-0.2, -0.15) is 0 Å². The Morgan fingerprint density at radius 1 is 1.10 bits per heavy atom. The molecule has 1 aromatic carbocycles. The van der Waals surface area contributed by atoms with Crippen LogP contribution in [0.25, 0.3) is 0 Å². The second-order valence-electron chi connectivity index (χ2n) is 6.52. The summed E-state index contributed by atoms with van der Waals surface area (Å²) < 4.78 is 6.40. The summed E-state index contributed by atoms with van der Waals surface area (Å²) in [5.74, 6) is 1.19. The van der Waals surface area contributed by atoms with Crippen molar-refractivity contribution in [2.24, 2.45) is 0 Å². The van der Waals surface area contributed by atoms with Crippen LogP contribution in [0.2, 0.25) is 0 Å². The Labute approximate surface area is 122 Å². The maximum absolute atomic E-state index is 6.40. The van der Waals surface area contributed by atoms with E-state index in [1.165, 1.54) is 67.5 Å². The molecule has 2 fully saturated rings. The molecule has 1 aromatic rings. The lowest BCUT2D eigenvalue weighted by molar-refractivity contribution is 0.206. The highest BCUT2D eigenvalue weighted by Gasteiger charge is 2.22. The van der Waals surface area contributed by atoms with Gasteiger partial charge in [-0.3, -0.25) is 0 Å². The van der Waals surface area contributed by atoms with E-state index in [2.05, 4.69) is 31.3 Å². The summed E-state index contributed by atoms with van der Waals surface area (Å²) in [7, 11) is 0. The zero-order valence-corrected chi connectivity index (χ0v) is 12.9. The lowest BCUT2D eigenvalue weighted by Gasteiger charge is -2.21. The molecule has 0 bridgehead atoms. The number of ether oxygens (including phenoxy) is 1. The van der Waals surface area contributed by atoms with Crippen LogP contribution in [0, 0.1) is 13.8 Å². The van der Waals surface area contributed by atoms with E-state index in [4.69, 9.17) is 4.74 Å². The standard InChI is InChI=1S/C18H27NO/c1-13-9-10-15(12-16-6-5-11-19-16)18(14(13)2)20-17-7-3-4-8-17/h9-10,16-17,19H,3-8,11-12H2,1-2H3. The van der Waals surface area contributed by atoms with Gasteiger partial charge in [0, 0.05) is 6.04 Å². The van der Waals surface area contributed by atoms with Gasteiger partial charge in [0.25, 0.3) is 0 Å². The third-order valence-corrected chi connectivity index (χ3v) is 4.97. The van der Waals surface area contributed by atoms with Crippen LogP contribution in [0.1, 0.15) is 55.2 Å². The van der Waals surface area contributed by atoms with Crippen LogP contribution < -0.4 is 10.1 Å². The Morgan fingerprint density at radius 3 is 2.60 bits per heavy atom. The average molecular weight is 273 g/mol. The zero-order chi connectivity index (χ0) is 13.9. The molecule has 110 valence electrons. The van der Waals surface area contributed by atoms with E-state index in [0.29, 0.717) is 12.1 Å². The maximum Gasteiger partial charge on any atom is 0.126 e. The lowest BCUT2D eigenvalue weighted by atomic mass is 9.98. The molecule has 1 unspecified atom stereocenters. The summed E-state index contributed by atoms with van der Waals surface area (Å²) in [6, 6.07) is 5.18. The second-order valence-corrected chi connectivity index (χ2v) is 6.52. The Kier molecular flexibility index (Phi) is 4.30. The van der Waals surface area contributed by atoms with Gasteiger partial charge in [-0.15, -0.1) is 0 Å². The third-order valence-electron chi connectivity index (χ3n) is 4.97. The van der Waals surface area contributed by atoms with Gasteiger partial charge in [0.15, 0.2) is 0 Å². The van der Waals surface area contributed by atoms with Crippen LogP contribution in [0.5, 0.6) is 5.75 Å². The first-order valence-corrected chi connectivity index (χ1v) is 8.23. The van der Waals surface area contributed by atoms with Gasteiger partial charge in [-0.25, -0.2) is 0 Å². The average Bonchev–Trinajstić information content (AvgIpc) is 3.11. The van der Waals surface area contributed by atoms with Gasteiger partial charge in [-0.1, -0.05) is 12.1 Å². The predicted molar refractivity (Wildman–Crippen MR) is 83.5 cm³/mol. The molecule has 1 atom stereocenters. The Hall–Kier alpha value is -1.02. The number of hydrogen-bond donors (Lipinski definition) is 1. The highest BCUT2D eigenvalue weighted by Crippen LogP contribution is 2.32. The lowest BCUT2D eigenvalue weighted by Crippen LogP contribution is -2.24. The van der Waals surface area contributed by atoms with Crippen LogP contribution in [0.3, 0.4) is 0 Å². The van der Waals surface area contributed by atoms with Crippen LogP contribution >= 0.6 is 0 Å². The topological polar surface area (TPSA) is 21.3 Å². The van der Waals surface area contributed by atoms with E-state index in [0.717, 1.165) is 6.42 Å². The fourth-order valence-corrected chi connectivity index (χ4v) is 3.54. The Bertz CT molecular complexity index is 457.